The van der Waals surface area contributed by atoms with Gasteiger partial charge in [0, 0.05) is 22.4 Å². The van der Waals surface area contributed by atoms with E-state index >= 15 is 0 Å². The van der Waals surface area contributed by atoms with Crippen molar-refractivity contribution < 1.29 is 18.0 Å². The van der Waals surface area contributed by atoms with Gasteiger partial charge in [0.15, 0.2) is 0 Å². The largest absolute Gasteiger partial charge is 0.278 e. The molecule has 0 aliphatic heterocycles. The predicted molar refractivity (Wildman–Crippen MR) is 115 cm³/mol. The van der Waals surface area contributed by atoms with Gasteiger partial charge in [0.2, 0.25) is 0 Å². The molecular weight excluding hydrogens is 472 g/mol. The molecule has 0 saturated heterocycles. The Bertz CT molecular complexity index is 1200. The number of hydrazine groups is 1. The van der Waals surface area contributed by atoms with Crippen LogP contribution in [0.1, 0.15) is 26.3 Å². The summed E-state index contributed by atoms with van der Waals surface area (Å²) in [6, 6.07) is 13.9. The maximum Gasteiger partial charge on any atom is 0.271 e. The Balaban J connectivity index is 1.74. The fourth-order valence-corrected chi connectivity index (χ4v) is 4.07. The summed E-state index contributed by atoms with van der Waals surface area (Å²) in [5.41, 5.74) is 6.11. The number of amides is 2. The molecule has 154 valence electrons. The van der Waals surface area contributed by atoms with Gasteiger partial charge in [0.1, 0.15) is 0 Å². The molecule has 0 bridgehead atoms. The quantitative estimate of drug-likeness (QED) is 0.477. The Kier molecular flexibility index (Phi) is 6.48. The number of sulfonamides is 1. The van der Waals surface area contributed by atoms with E-state index < -0.39 is 21.8 Å². The number of halogens is 1. The first-order valence-electron chi connectivity index (χ1n) is 8.66. The van der Waals surface area contributed by atoms with Crippen LogP contribution in [0.3, 0.4) is 0 Å². The van der Waals surface area contributed by atoms with E-state index in [4.69, 9.17) is 0 Å². The van der Waals surface area contributed by atoms with Gasteiger partial charge in [0.05, 0.1) is 16.1 Å². The van der Waals surface area contributed by atoms with E-state index in [0.717, 1.165) is 5.56 Å². The summed E-state index contributed by atoms with van der Waals surface area (Å²) < 4.78 is 28.6. The van der Waals surface area contributed by atoms with Gasteiger partial charge in [-0.05, 0) is 70.9 Å². The predicted octanol–water partition coefficient (Wildman–Crippen LogP) is 3.03. The average molecular weight is 489 g/mol. The van der Waals surface area contributed by atoms with Gasteiger partial charge in [-0.15, -0.1) is 0 Å². The highest BCUT2D eigenvalue weighted by atomic mass is 79.9. The lowest BCUT2D eigenvalue weighted by Crippen LogP contribution is -2.41. The summed E-state index contributed by atoms with van der Waals surface area (Å²) in [6.45, 7) is 1.84. The third kappa shape index (κ3) is 5.22. The monoisotopic (exact) mass is 488 g/mol. The number of aromatic nitrogens is 1. The zero-order chi connectivity index (χ0) is 21.7. The van der Waals surface area contributed by atoms with Crippen molar-refractivity contribution in [2.45, 2.75) is 11.8 Å². The second-order valence-electron chi connectivity index (χ2n) is 6.27. The first kappa shape index (κ1) is 21.5. The number of anilines is 1. The summed E-state index contributed by atoms with van der Waals surface area (Å²) in [7, 11) is -3.94. The molecule has 1 aromatic heterocycles. The zero-order valence-corrected chi connectivity index (χ0v) is 18.1. The van der Waals surface area contributed by atoms with Crippen molar-refractivity contribution in [3.63, 3.8) is 0 Å². The molecule has 0 radical (unpaired) electrons. The number of nitrogens with zero attached hydrogens (tertiary/aromatic N) is 1. The number of rotatable bonds is 5. The van der Waals surface area contributed by atoms with Crippen LogP contribution in [0.4, 0.5) is 5.69 Å². The van der Waals surface area contributed by atoms with Crippen molar-refractivity contribution in [2.75, 3.05) is 4.72 Å². The Hall–Kier alpha value is -3.24. The first-order valence-corrected chi connectivity index (χ1v) is 10.9. The average Bonchev–Trinajstić information content (AvgIpc) is 2.75. The molecule has 1 heterocycles. The van der Waals surface area contributed by atoms with Gasteiger partial charge in [0.25, 0.3) is 21.8 Å². The lowest BCUT2D eigenvalue weighted by atomic mass is 10.2. The first-order chi connectivity index (χ1) is 14.3. The highest BCUT2D eigenvalue weighted by Gasteiger charge is 2.18. The van der Waals surface area contributed by atoms with Crippen LogP contribution >= 0.6 is 15.9 Å². The normalized spacial score (nSPS) is 10.9. The molecule has 0 aliphatic carbocycles. The lowest BCUT2D eigenvalue weighted by Gasteiger charge is -2.12. The van der Waals surface area contributed by atoms with Crippen LogP contribution in [0, 0.1) is 6.92 Å². The van der Waals surface area contributed by atoms with E-state index in [2.05, 4.69) is 36.5 Å². The minimum absolute atomic E-state index is 0.0627. The van der Waals surface area contributed by atoms with E-state index in [9.17, 15) is 18.0 Å². The van der Waals surface area contributed by atoms with Crippen LogP contribution < -0.4 is 15.6 Å². The Labute approximate surface area is 181 Å². The molecule has 0 aliphatic rings. The molecule has 3 aromatic rings. The SMILES string of the molecule is Cc1ccc(Br)c(NS(=O)(=O)c2cccc(C(=O)NNC(=O)c3cccnc3)c2)c1. The Morgan fingerprint density at radius 2 is 1.63 bits per heavy atom. The van der Waals surface area contributed by atoms with Crippen LogP contribution in [-0.2, 0) is 10.0 Å². The highest BCUT2D eigenvalue weighted by Crippen LogP contribution is 2.26. The molecule has 3 N–H and O–H groups in total. The van der Waals surface area contributed by atoms with Crippen LogP contribution in [0.15, 0.2) is 76.4 Å². The van der Waals surface area contributed by atoms with Gasteiger partial charge in [-0.1, -0.05) is 12.1 Å². The Morgan fingerprint density at radius 3 is 2.33 bits per heavy atom. The van der Waals surface area contributed by atoms with Gasteiger partial charge in [-0.2, -0.15) is 0 Å². The molecule has 0 fully saturated rings. The standard InChI is InChI=1S/C20H17BrN4O4S/c1-13-7-8-17(21)18(10-13)25-30(28,29)16-6-2-4-14(11-16)19(26)23-24-20(27)15-5-3-9-22-12-15/h2-12,25H,1H3,(H,23,26)(H,24,27). The van der Waals surface area contributed by atoms with E-state index in [-0.39, 0.29) is 16.0 Å². The zero-order valence-electron chi connectivity index (χ0n) is 15.7. The second kappa shape index (κ2) is 9.06. The van der Waals surface area contributed by atoms with Crippen molar-refractivity contribution in [2.24, 2.45) is 0 Å². The molecule has 3 rings (SSSR count). The number of hydrogen-bond donors (Lipinski definition) is 3. The molecule has 0 atom stereocenters. The maximum absolute atomic E-state index is 12.8. The fraction of sp³-hybridized carbons (Fsp3) is 0.0500. The Morgan fingerprint density at radius 1 is 0.933 bits per heavy atom. The molecule has 8 nitrogen and oxygen atoms in total. The topological polar surface area (TPSA) is 117 Å². The minimum atomic E-state index is -3.94. The number of benzene rings is 2. The lowest BCUT2D eigenvalue weighted by molar-refractivity contribution is 0.0846. The summed E-state index contributed by atoms with van der Waals surface area (Å²) in [6.07, 6.45) is 2.87. The van der Waals surface area contributed by atoms with Crippen LogP contribution in [0.5, 0.6) is 0 Å². The summed E-state index contributed by atoms with van der Waals surface area (Å²) in [4.78, 5) is 28.1. The minimum Gasteiger partial charge on any atom is -0.278 e. The molecule has 10 heteroatoms. The fourth-order valence-electron chi connectivity index (χ4n) is 2.48. The van der Waals surface area contributed by atoms with Crippen LogP contribution in [0.2, 0.25) is 0 Å². The van der Waals surface area contributed by atoms with Crippen molar-refractivity contribution in [1.82, 2.24) is 15.8 Å². The third-order valence-electron chi connectivity index (χ3n) is 3.99. The van der Waals surface area contributed by atoms with E-state index in [0.29, 0.717) is 10.2 Å². The summed E-state index contributed by atoms with van der Waals surface area (Å²) >= 11 is 3.31. The maximum atomic E-state index is 12.8. The molecule has 0 spiro atoms. The van der Waals surface area contributed by atoms with Crippen LogP contribution in [-0.4, -0.2) is 25.2 Å². The number of nitrogens with one attached hydrogen (secondary N) is 3. The van der Waals surface area contributed by atoms with Crippen molar-refractivity contribution in [3.8, 4) is 0 Å². The van der Waals surface area contributed by atoms with E-state index in [1.165, 1.54) is 42.7 Å². The van der Waals surface area contributed by atoms with Gasteiger partial charge in [-0.25, -0.2) is 8.42 Å². The van der Waals surface area contributed by atoms with Crippen molar-refractivity contribution in [1.29, 1.82) is 0 Å². The molecule has 0 unspecified atom stereocenters. The smallest absolute Gasteiger partial charge is 0.271 e. The van der Waals surface area contributed by atoms with Gasteiger partial charge >= 0.3 is 0 Å². The molecular formula is C20H17BrN4O4S. The molecule has 0 saturated carbocycles. The number of aryl methyl sites for hydroxylation is 1. The molecule has 30 heavy (non-hydrogen) atoms. The summed E-state index contributed by atoms with van der Waals surface area (Å²) in [5.74, 6) is -1.22. The molecule has 2 aromatic carbocycles. The highest BCUT2D eigenvalue weighted by molar-refractivity contribution is 9.10. The van der Waals surface area contributed by atoms with Gasteiger partial charge < -0.3 is 0 Å². The van der Waals surface area contributed by atoms with Crippen LogP contribution in [0.25, 0.3) is 0 Å². The number of carbonyl (C=O) groups is 2. The van der Waals surface area contributed by atoms with Crippen molar-refractivity contribution >= 4 is 43.5 Å². The number of hydrogen-bond acceptors (Lipinski definition) is 5. The third-order valence-corrected chi connectivity index (χ3v) is 6.04. The van der Waals surface area contributed by atoms with E-state index in [1.54, 1.807) is 18.2 Å². The van der Waals surface area contributed by atoms with Crippen molar-refractivity contribution in [3.05, 3.63) is 88.2 Å². The number of carbonyl (C=O) groups excluding carboxylic acids is 2. The number of pyridine rings is 1. The second-order valence-corrected chi connectivity index (χ2v) is 8.80. The molecule has 2 amide bonds. The summed E-state index contributed by atoms with van der Waals surface area (Å²) in [5, 5.41) is 0. The van der Waals surface area contributed by atoms with Gasteiger partial charge in [-0.3, -0.25) is 30.1 Å². The van der Waals surface area contributed by atoms with E-state index in [1.807, 2.05) is 13.0 Å².